The van der Waals surface area contributed by atoms with E-state index >= 15 is 0 Å². The molecule has 9 heavy (non-hydrogen) atoms. The lowest BCUT2D eigenvalue weighted by atomic mass is 9.98. The van der Waals surface area contributed by atoms with Crippen molar-refractivity contribution in [1.29, 1.82) is 0 Å². The van der Waals surface area contributed by atoms with Gasteiger partial charge in [0.15, 0.2) is 0 Å². The third-order valence-corrected chi connectivity index (χ3v) is 1.15. The molecule has 0 aromatic heterocycles. The summed E-state index contributed by atoms with van der Waals surface area (Å²) in [4.78, 5) is 0. The van der Waals surface area contributed by atoms with Gasteiger partial charge in [0.25, 0.3) is 0 Å². The Balaban J connectivity index is 2.79. The van der Waals surface area contributed by atoms with Crippen LogP contribution in [0, 0.1) is 6.42 Å². The van der Waals surface area contributed by atoms with E-state index in [9.17, 15) is 0 Å². The van der Waals surface area contributed by atoms with Gasteiger partial charge in [-0.1, -0.05) is 0 Å². The zero-order valence-electron chi connectivity index (χ0n) is 5.22. The molecule has 0 atom stereocenters. The van der Waals surface area contributed by atoms with Crippen LogP contribution in [0.3, 0.4) is 0 Å². The van der Waals surface area contributed by atoms with Crippen molar-refractivity contribution in [2.45, 2.75) is 6.42 Å². The van der Waals surface area contributed by atoms with Gasteiger partial charge < -0.3 is 5.11 Å². The summed E-state index contributed by atoms with van der Waals surface area (Å²) >= 11 is 0. The summed E-state index contributed by atoms with van der Waals surface area (Å²) < 4.78 is 0. The molecule has 0 radical (unpaired) electrons. The van der Waals surface area contributed by atoms with Crippen LogP contribution in [-0.2, 0) is 0 Å². The fraction of sp³-hybridized carbons (Fsp3) is 0.125. The van der Waals surface area contributed by atoms with Gasteiger partial charge in [0.2, 0.25) is 0 Å². The highest BCUT2D eigenvalue weighted by Crippen LogP contribution is 2.21. The van der Waals surface area contributed by atoms with E-state index in [4.69, 9.17) is 5.11 Å². The number of allylic oxidation sites excluding steroid dienone is 3. The molecule has 1 heteroatoms. The van der Waals surface area contributed by atoms with Gasteiger partial charge in [-0.15, -0.1) is 0 Å². The molecule has 0 bridgehead atoms. The average molecular weight is 121 g/mol. The van der Waals surface area contributed by atoms with Gasteiger partial charge in [-0.2, -0.15) is 0 Å². The van der Waals surface area contributed by atoms with Crippen molar-refractivity contribution >= 4 is 0 Å². The highest BCUT2D eigenvalue weighted by atomic mass is 16.3. The molecule has 0 heterocycles. The van der Waals surface area contributed by atoms with E-state index in [0.29, 0.717) is 12.2 Å². The normalized spacial score (nSPS) is 18.9. The first-order valence-corrected chi connectivity index (χ1v) is 2.79. The molecule has 1 nitrogen and oxygen atoms in total. The molecule has 1 aliphatic rings. The first-order chi connectivity index (χ1) is 4.18. The van der Waals surface area contributed by atoms with Gasteiger partial charge in [0.05, 0.1) is 18.1 Å². The Morgan fingerprint density at radius 1 is 1.56 bits per heavy atom. The average Bonchev–Trinajstić information content (AvgIpc) is 1.59. The number of aliphatic hydroxyl groups excluding tert-OH is 1. The largest absolute Gasteiger partial charge is 0.503 e. The number of hydrogen-bond acceptors (Lipinski definition) is 1. The quantitative estimate of drug-likeness (QED) is 0.487. The van der Waals surface area contributed by atoms with Gasteiger partial charge in [-0.05, 0) is 13.2 Å². The van der Waals surface area contributed by atoms with E-state index in [-0.39, 0.29) is 0 Å². The molecule has 0 fully saturated rings. The summed E-state index contributed by atoms with van der Waals surface area (Å²) in [5.41, 5.74) is 1.74. The molecule has 0 aromatic rings. The molecule has 0 aliphatic heterocycles. The predicted molar refractivity (Wildman–Crippen MR) is 37.9 cm³/mol. The molecular formula is C8H9O+. The molecular weight excluding hydrogens is 112 g/mol. The lowest BCUT2D eigenvalue weighted by Crippen LogP contribution is -1.95. The third-order valence-electron chi connectivity index (χ3n) is 1.15. The van der Waals surface area contributed by atoms with E-state index in [1.165, 1.54) is 0 Å². The van der Waals surface area contributed by atoms with Crippen LogP contribution in [0.5, 0.6) is 0 Å². The first-order valence-electron chi connectivity index (χ1n) is 2.79. The van der Waals surface area contributed by atoms with E-state index in [2.05, 4.69) is 13.2 Å². The second-order valence-corrected chi connectivity index (χ2v) is 2.19. The summed E-state index contributed by atoms with van der Waals surface area (Å²) in [6.45, 7) is 7.36. The Hall–Kier alpha value is -1.11. The standard InChI is InChI=1S/C8H8O/c1-6-3-7(2)5-8(9)4-6/h3-4H,1-2,5H2/p+1. The minimum Gasteiger partial charge on any atom is -0.503 e. The van der Waals surface area contributed by atoms with Crippen LogP contribution >= 0.6 is 0 Å². The number of rotatable bonds is 0. The SMILES string of the molecule is C=C1C=C(O)CC(=C)[CH+]1. The molecule has 0 saturated heterocycles. The minimum atomic E-state index is 0.354. The number of aliphatic hydroxyl groups is 1. The first kappa shape index (κ1) is 6.02. The van der Waals surface area contributed by atoms with Crippen LogP contribution in [-0.4, -0.2) is 5.11 Å². The molecule has 1 rings (SSSR count). The third kappa shape index (κ3) is 1.39. The zero-order chi connectivity index (χ0) is 6.85. The summed E-state index contributed by atoms with van der Waals surface area (Å²) in [7, 11) is 0. The van der Waals surface area contributed by atoms with Crippen molar-refractivity contribution in [3.8, 4) is 0 Å². The van der Waals surface area contributed by atoms with Crippen molar-refractivity contribution in [3.63, 3.8) is 0 Å². The number of hydrogen-bond donors (Lipinski definition) is 1. The molecule has 1 N–H and O–H groups in total. The van der Waals surface area contributed by atoms with Gasteiger partial charge in [0, 0.05) is 12.0 Å². The molecule has 0 unspecified atom stereocenters. The lowest BCUT2D eigenvalue weighted by molar-refractivity contribution is 0.396. The van der Waals surface area contributed by atoms with Crippen molar-refractivity contribution in [2.24, 2.45) is 0 Å². The Morgan fingerprint density at radius 3 is 2.67 bits per heavy atom. The van der Waals surface area contributed by atoms with Crippen LogP contribution in [0.15, 0.2) is 36.1 Å². The molecule has 0 saturated carbocycles. The monoisotopic (exact) mass is 121 g/mol. The molecule has 1 aliphatic carbocycles. The molecule has 46 valence electrons. The topological polar surface area (TPSA) is 20.2 Å². The lowest BCUT2D eigenvalue weighted by Gasteiger charge is -2.04. The van der Waals surface area contributed by atoms with Crippen LogP contribution in [0.1, 0.15) is 6.42 Å². The highest BCUT2D eigenvalue weighted by molar-refractivity contribution is 5.40. The van der Waals surface area contributed by atoms with Gasteiger partial charge in [-0.25, -0.2) is 0 Å². The molecule has 0 amide bonds. The predicted octanol–water partition coefficient (Wildman–Crippen LogP) is 2.15. The van der Waals surface area contributed by atoms with Crippen LogP contribution in [0.25, 0.3) is 0 Å². The highest BCUT2D eigenvalue weighted by Gasteiger charge is 2.13. The maximum absolute atomic E-state index is 8.97. The van der Waals surface area contributed by atoms with E-state index in [1.807, 2.05) is 6.42 Å². The minimum absolute atomic E-state index is 0.354. The van der Waals surface area contributed by atoms with Crippen molar-refractivity contribution in [3.05, 3.63) is 42.6 Å². The Kier molecular flexibility index (Phi) is 1.35. The molecule has 0 spiro atoms. The van der Waals surface area contributed by atoms with E-state index < -0.39 is 0 Å². The Labute approximate surface area is 55.0 Å². The van der Waals surface area contributed by atoms with E-state index in [1.54, 1.807) is 6.08 Å². The maximum Gasteiger partial charge on any atom is 0.141 e. The van der Waals surface area contributed by atoms with Crippen LogP contribution in [0.4, 0.5) is 0 Å². The second-order valence-electron chi connectivity index (χ2n) is 2.19. The smallest absolute Gasteiger partial charge is 0.141 e. The maximum atomic E-state index is 8.97. The van der Waals surface area contributed by atoms with Crippen LogP contribution in [0.2, 0.25) is 0 Å². The van der Waals surface area contributed by atoms with Gasteiger partial charge in [0.1, 0.15) is 5.76 Å². The Morgan fingerprint density at radius 2 is 2.22 bits per heavy atom. The van der Waals surface area contributed by atoms with Crippen molar-refractivity contribution in [1.82, 2.24) is 0 Å². The molecule has 0 aromatic carbocycles. The fourth-order valence-electron chi connectivity index (χ4n) is 0.853. The summed E-state index contributed by atoms with van der Waals surface area (Å²) in [6, 6.07) is 0. The van der Waals surface area contributed by atoms with Gasteiger partial charge in [-0.3, -0.25) is 0 Å². The van der Waals surface area contributed by atoms with Crippen molar-refractivity contribution in [2.75, 3.05) is 0 Å². The van der Waals surface area contributed by atoms with Gasteiger partial charge >= 0.3 is 0 Å². The van der Waals surface area contributed by atoms with Crippen molar-refractivity contribution < 1.29 is 5.11 Å². The summed E-state index contributed by atoms with van der Waals surface area (Å²) in [5.74, 6) is 0.354. The van der Waals surface area contributed by atoms with E-state index in [0.717, 1.165) is 11.1 Å². The second kappa shape index (κ2) is 2.02. The Bertz CT molecular complexity index is 187. The zero-order valence-corrected chi connectivity index (χ0v) is 5.22. The summed E-state index contributed by atoms with van der Waals surface area (Å²) in [6.07, 6.45) is 4.08. The fourth-order valence-corrected chi connectivity index (χ4v) is 0.853. The van der Waals surface area contributed by atoms with Crippen LogP contribution < -0.4 is 0 Å². The summed E-state index contributed by atoms with van der Waals surface area (Å²) in [5, 5.41) is 8.97.